The molecule has 3 aromatic rings. The van der Waals surface area contributed by atoms with Gasteiger partial charge in [-0.1, -0.05) is 159 Å². The van der Waals surface area contributed by atoms with Crippen LogP contribution in [0.25, 0.3) is 6.08 Å². The van der Waals surface area contributed by atoms with E-state index in [-0.39, 0.29) is 30.0 Å². The Labute approximate surface area is 318 Å². The number of aliphatic hydroxyl groups is 1. The number of carbonyl (C=O) groups is 2. The van der Waals surface area contributed by atoms with Crippen LogP contribution in [0.15, 0.2) is 72.8 Å². The SMILES string of the molecule is CCCCCCCCCCCC(=O)Oc1ccc(C=CC(O)c2ccc(O)cc2OCc2ccccc2)c(OC(=O)CCCCCCCCCCC)c1. The molecular weight excluding hydrogens is 664 g/mol. The molecule has 0 aliphatic carbocycles. The van der Waals surface area contributed by atoms with Gasteiger partial charge in [-0.2, -0.15) is 0 Å². The molecule has 7 nitrogen and oxygen atoms in total. The summed E-state index contributed by atoms with van der Waals surface area (Å²) >= 11 is 0. The second-order valence-corrected chi connectivity index (χ2v) is 14.1. The van der Waals surface area contributed by atoms with Crippen LogP contribution in [-0.2, 0) is 16.2 Å². The number of phenols is 1. The first kappa shape index (κ1) is 43.3. The molecule has 0 aliphatic heterocycles. The van der Waals surface area contributed by atoms with Crippen LogP contribution >= 0.6 is 0 Å². The first-order valence-electron chi connectivity index (χ1n) is 20.3. The van der Waals surface area contributed by atoms with Crippen LogP contribution < -0.4 is 14.2 Å². The smallest absolute Gasteiger partial charge is 0.311 e. The van der Waals surface area contributed by atoms with Gasteiger partial charge < -0.3 is 24.4 Å². The van der Waals surface area contributed by atoms with Crippen molar-refractivity contribution in [1.82, 2.24) is 0 Å². The van der Waals surface area contributed by atoms with Crippen LogP contribution in [0.3, 0.4) is 0 Å². The van der Waals surface area contributed by atoms with Crippen LogP contribution in [0, 0.1) is 0 Å². The van der Waals surface area contributed by atoms with Crippen molar-refractivity contribution in [3.63, 3.8) is 0 Å². The molecule has 1 unspecified atom stereocenters. The van der Waals surface area contributed by atoms with Crippen molar-refractivity contribution in [2.24, 2.45) is 0 Å². The minimum absolute atomic E-state index is 0.0251. The lowest BCUT2D eigenvalue weighted by Gasteiger charge is -2.15. The van der Waals surface area contributed by atoms with Gasteiger partial charge in [-0.05, 0) is 42.7 Å². The molecule has 0 heterocycles. The molecule has 53 heavy (non-hydrogen) atoms. The van der Waals surface area contributed by atoms with Crippen LogP contribution in [-0.4, -0.2) is 22.2 Å². The molecule has 7 heteroatoms. The van der Waals surface area contributed by atoms with Gasteiger partial charge in [0.05, 0.1) is 0 Å². The third-order valence-corrected chi connectivity index (χ3v) is 9.42. The zero-order valence-electron chi connectivity index (χ0n) is 32.4. The summed E-state index contributed by atoms with van der Waals surface area (Å²) in [4.78, 5) is 25.7. The number of carbonyl (C=O) groups excluding carboxylic acids is 2. The summed E-state index contributed by atoms with van der Waals surface area (Å²) < 4.78 is 17.5. The molecule has 0 aromatic heterocycles. The van der Waals surface area contributed by atoms with E-state index < -0.39 is 6.10 Å². The number of unbranched alkanes of at least 4 members (excludes halogenated alkanes) is 16. The lowest BCUT2D eigenvalue weighted by Crippen LogP contribution is -2.10. The quantitative estimate of drug-likeness (QED) is 0.0436. The standard InChI is InChI=1S/C46H64O7/c1-3-5-7-9-11-13-15-17-22-26-45(49)52-40-31-28-38(43(35-40)53-46(50)27-23-18-16-14-12-10-8-6-4-2)29-33-42(48)41-32-30-39(47)34-44(41)51-36-37-24-20-19-21-25-37/h19-21,24-25,28-35,42,47-48H,3-18,22-23,26-27,36H2,1-2H3. The average Bonchev–Trinajstić information content (AvgIpc) is 3.15. The Morgan fingerprint density at radius 2 is 1.17 bits per heavy atom. The van der Waals surface area contributed by atoms with Crippen LogP contribution in [0.4, 0.5) is 0 Å². The van der Waals surface area contributed by atoms with E-state index in [1.807, 2.05) is 30.3 Å². The largest absolute Gasteiger partial charge is 0.508 e. The van der Waals surface area contributed by atoms with Crippen LogP contribution in [0.5, 0.6) is 23.0 Å². The third kappa shape index (κ3) is 18.5. The molecule has 0 saturated carbocycles. The molecule has 0 spiro atoms. The molecule has 0 aliphatic rings. The number of aliphatic hydroxyl groups excluding tert-OH is 1. The maximum Gasteiger partial charge on any atom is 0.311 e. The fraction of sp³-hybridized carbons (Fsp3) is 0.522. The highest BCUT2D eigenvalue weighted by Crippen LogP contribution is 2.33. The molecule has 0 bridgehead atoms. The highest BCUT2D eigenvalue weighted by molar-refractivity contribution is 5.76. The Morgan fingerprint density at radius 3 is 1.75 bits per heavy atom. The Kier molecular flexibility index (Phi) is 21.8. The zero-order chi connectivity index (χ0) is 37.9. The number of phenolic OH excluding ortho intramolecular Hbond substituents is 1. The predicted octanol–water partition coefficient (Wildman–Crippen LogP) is 12.4. The first-order valence-corrected chi connectivity index (χ1v) is 20.3. The number of esters is 2. The maximum atomic E-state index is 13.0. The lowest BCUT2D eigenvalue weighted by molar-refractivity contribution is -0.135. The van der Waals surface area contributed by atoms with Crippen LogP contribution in [0.1, 0.15) is 165 Å². The molecule has 290 valence electrons. The zero-order valence-corrected chi connectivity index (χ0v) is 32.4. The molecular formula is C46H64O7. The van der Waals surface area contributed by atoms with Gasteiger partial charge in [-0.3, -0.25) is 9.59 Å². The number of rotatable bonds is 28. The Bertz CT molecular complexity index is 1480. The fourth-order valence-corrected chi connectivity index (χ4v) is 6.25. The van der Waals surface area contributed by atoms with E-state index >= 15 is 0 Å². The van der Waals surface area contributed by atoms with Gasteiger partial charge in [0.15, 0.2) is 0 Å². The highest BCUT2D eigenvalue weighted by Gasteiger charge is 2.15. The van der Waals surface area contributed by atoms with Crippen LogP contribution in [0.2, 0.25) is 0 Å². The van der Waals surface area contributed by atoms with E-state index in [4.69, 9.17) is 14.2 Å². The number of aromatic hydroxyl groups is 1. The lowest BCUT2D eigenvalue weighted by atomic mass is 10.1. The van der Waals surface area contributed by atoms with Crippen molar-refractivity contribution >= 4 is 18.0 Å². The molecule has 0 saturated heterocycles. The fourth-order valence-electron chi connectivity index (χ4n) is 6.25. The van der Waals surface area contributed by atoms with Crippen molar-refractivity contribution in [2.75, 3.05) is 0 Å². The van der Waals surface area contributed by atoms with Crippen molar-refractivity contribution < 1.29 is 34.0 Å². The molecule has 0 amide bonds. The van der Waals surface area contributed by atoms with E-state index in [1.54, 1.807) is 36.4 Å². The predicted molar refractivity (Wildman–Crippen MR) is 214 cm³/mol. The van der Waals surface area contributed by atoms with Crippen molar-refractivity contribution in [1.29, 1.82) is 0 Å². The summed E-state index contributed by atoms with van der Waals surface area (Å²) in [6.45, 7) is 4.72. The summed E-state index contributed by atoms with van der Waals surface area (Å²) in [7, 11) is 0. The van der Waals surface area contributed by atoms with Gasteiger partial charge in [0, 0.05) is 36.1 Å². The molecule has 0 radical (unpaired) electrons. The summed E-state index contributed by atoms with van der Waals surface area (Å²) in [6, 6.07) is 19.2. The maximum absolute atomic E-state index is 13.0. The van der Waals surface area contributed by atoms with Gasteiger partial charge in [-0.25, -0.2) is 0 Å². The average molecular weight is 729 g/mol. The Morgan fingerprint density at radius 1 is 0.623 bits per heavy atom. The number of hydrogen-bond donors (Lipinski definition) is 2. The Hall–Kier alpha value is -4.10. The second kappa shape index (κ2) is 26.6. The number of benzene rings is 3. The minimum Gasteiger partial charge on any atom is -0.508 e. The van der Waals surface area contributed by atoms with E-state index in [0.717, 1.165) is 44.1 Å². The normalized spacial score (nSPS) is 11.8. The van der Waals surface area contributed by atoms with E-state index in [0.29, 0.717) is 35.5 Å². The highest BCUT2D eigenvalue weighted by atomic mass is 16.5. The summed E-state index contributed by atoms with van der Waals surface area (Å²) in [5.41, 5.74) is 1.98. The second-order valence-electron chi connectivity index (χ2n) is 14.1. The molecule has 2 N–H and O–H groups in total. The topological polar surface area (TPSA) is 102 Å². The van der Waals surface area contributed by atoms with Gasteiger partial charge in [0.25, 0.3) is 0 Å². The third-order valence-electron chi connectivity index (χ3n) is 9.42. The van der Waals surface area contributed by atoms with E-state index in [1.165, 1.54) is 89.2 Å². The minimum atomic E-state index is -1.08. The van der Waals surface area contributed by atoms with Gasteiger partial charge in [-0.15, -0.1) is 0 Å². The summed E-state index contributed by atoms with van der Waals surface area (Å²) in [6.07, 6.45) is 23.6. The van der Waals surface area contributed by atoms with Crippen molar-refractivity contribution in [3.05, 3.63) is 89.5 Å². The van der Waals surface area contributed by atoms with Crippen molar-refractivity contribution in [2.45, 2.75) is 155 Å². The summed E-state index contributed by atoms with van der Waals surface area (Å²) in [5, 5.41) is 21.3. The van der Waals surface area contributed by atoms with Gasteiger partial charge >= 0.3 is 11.9 Å². The molecule has 0 fully saturated rings. The van der Waals surface area contributed by atoms with E-state index in [2.05, 4.69) is 13.8 Å². The van der Waals surface area contributed by atoms with Gasteiger partial charge in [0.2, 0.25) is 0 Å². The number of ether oxygens (including phenoxy) is 3. The summed E-state index contributed by atoms with van der Waals surface area (Å²) in [5.74, 6) is 0.286. The molecule has 3 rings (SSSR count). The monoisotopic (exact) mass is 728 g/mol. The number of hydrogen-bond acceptors (Lipinski definition) is 7. The first-order chi connectivity index (χ1) is 25.9. The van der Waals surface area contributed by atoms with E-state index in [9.17, 15) is 19.8 Å². The molecule has 3 aromatic carbocycles. The van der Waals surface area contributed by atoms with Crippen molar-refractivity contribution in [3.8, 4) is 23.0 Å². The Balaban J connectivity index is 1.63. The molecule has 1 atom stereocenters. The van der Waals surface area contributed by atoms with Gasteiger partial charge in [0.1, 0.15) is 35.7 Å².